The quantitative estimate of drug-likeness (QED) is 0.845. The zero-order valence-electron chi connectivity index (χ0n) is 11.0. The number of hydrogen-bond acceptors (Lipinski definition) is 4. The van der Waals surface area contributed by atoms with Gasteiger partial charge in [0.25, 0.3) is 5.91 Å². The van der Waals surface area contributed by atoms with Crippen molar-refractivity contribution in [2.24, 2.45) is 0 Å². The van der Waals surface area contributed by atoms with E-state index in [1.165, 1.54) is 12.1 Å². The third kappa shape index (κ3) is 3.70. The average Bonchev–Trinajstić information content (AvgIpc) is 2.46. The number of carbonyl (C=O) groups is 1. The highest BCUT2D eigenvalue weighted by Gasteiger charge is 2.12. The Morgan fingerprint density at radius 2 is 2.00 bits per heavy atom. The second-order valence-corrected chi connectivity index (χ2v) is 4.16. The van der Waals surface area contributed by atoms with Gasteiger partial charge in [0.1, 0.15) is 17.6 Å². The number of carbonyl (C=O) groups excluding carboxylic acids is 1. The lowest BCUT2D eigenvalue weighted by Crippen LogP contribution is -2.13. The van der Waals surface area contributed by atoms with E-state index >= 15 is 0 Å². The van der Waals surface area contributed by atoms with Crippen molar-refractivity contribution in [2.45, 2.75) is 0 Å². The van der Waals surface area contributed by atoms with E-state index in [2.05, 4.69) is 5.32 Å². The molecule has 21 heavy (non-hydrogen) atoms. The fourth-order valence-corrected chi connectivity index (χ4v) is 1.66. The Kier molecular flexibility index (Phi) is 4.36. The number of amides is 1. The highest BCUT2D eigenvalue weighted by molar-refractivity contribution is 6.04. The summed E-state index contributed by atoms with van der Waals surface area (Å²) in [5.41, 5.74) is 6.08. The number of nitrogens with zero attached hydrogens (tertiary/aromatic N) is 1. The number of ether oxygens (including phenoxy) is 1. The average molecular weight is 285 g/mol. The summed E-state index contributed by atoms with van der Waals surface area (Å²) in [4.78, 5) is 11.9. The summed E-state index contributed by atoms with van der Waals surface area (Å²) in [5, 5.41) is 11.0. The summed E-state index contributed by atoms with van der Waals surface area (Å²) < 4.78 is 18.7. The molecule has 0 unspecified atom stereocenters. The molecule has 5 nitrogen and oxygen atoms in total. The van der Waals surface area contributed by atoms with Gasteiger partial charge in [-0.05, 0) is 42.5 Å². The second-order valence-electron chi connectivity index (χ2n) is 4.16. The minimum atomic E-state index is -0.679. The monoisotopic (exact) mass is 285 g/mol. The predicted octanol–water partition coefficient (Wildman–Crippen LogP) is 2.56. The first-order chi connectivity index (χ1) is 10.1. The van der Waals surface area contributed by atoms with Crippen LogP contribution in [0.25, 0.3) is 0 Å². The molecular formula is C15H12FN3O2. The molecule has 0 radical (unpaired) electrons. The van der Waals surface area contributed by atoms with Crippen LogP contribution in [-0.2, 0) is 0 Å². The molecule has 106 valence electrons. The molecule has 0 atom stereocenters. The molecule has 2 aromatic carbocycles. The largest absolute Gasteiger partial charge is 0.479 e. The Morgan fingerprint density at radius 1 is 1.29 bits per heavy atom. The van der Waals surface area contributed by atoms with Crippen LogP contribution < -0.4 is 15.8 Å². The van der Waals surface area contributed by atoms with Crippen LogP contribution in [0.15, 0.2) is 42.5 Å². The van der Waals surface area contributed by atoms with E-state index in [0.717, 1.165) is 6.07 Å². The fourth-order valence-electron chi connectivity index (χ4n) is 1.66. The van der Waals surface area contributed by atoms with Gasteiger partial charge in [0.2, 0.25) is 0 Å². The first-order valence-electron chi connectivity index (χ1n) is 6.06. The van der Waals surface area contributed by atoms with Gasteiger partial charge in [0.15, 0.2) is 6.61 Å². The van der Waals surface area contributed by atoms with E-state index < -0.39 is 11.7 Å². The molecule has 0 aliphatic heterocycles. The molecular weight excluding hydrogens is 273 g/mol. The van der Waals surface area contributed by atoms with Crippen molar-refractivity contribution in [3.8, 4) is 11.8 Å². The Hall–Kier alpha value is -3.07. The molecule has 3 N–H and O–H groups in total. The number of benzene rings is 2. The number of nitriles is 1. The van der Waals surface area contributed by atoms with E-state index in [4.69, 9.17) is 15.7 Å². The number of hydrogen-bond donors (Lipinski definition) is 2. The Bertz CT molecular complexity index is 693. The summed E-state index contributed by atoms with van der Waals surface area (Å²) in [6.45, 7) is -0.0532. The smallest absolute Gasteiger partial charge is 0.258 e. The van der Waals surface area contributed by atoms with E-state index in [1.807, 2.05) is 6.07 Å². The van der Waals surface area contributed by atoms with E-state index in [1.54, 1.807) is 24.3 Å². The number of anilines is 2. The topological polar surface area (TPSA) is 88.1 Å². The van der Waals surface area contributed by atoms with Gasteiger partial charge in [-0.15, -0.1) is 0 Å². The lowest BCUT2D eigenvalue weighted by Gasteiger charge is -2.07. The summed E-state index contributed by atoms with van der Waals surface area (Å²) in [5.74, 6) is -0.743. The lowest BCUT2D eigenvalue weighted by molar-refractivity contribution is 0.102. The highest BCUT2D eigenvalue weighted by Crippen LogP contribution is 2.18. The zero-order chi connectivity index (χ0) is 15.2. The van der Waals surface area contributed by atoms with Crippen LogP contribution in [0.4, 0.5) is 15.8 Å². The van der Waals surface area contributed by atoms with Crippen molar-refractivity contribution in [3.05, 3.63) is 53.8 Å². The SMILES string of the molecule is N#CCOc1ccc(NC(=O)c2ccc(N)cc2F)cc1. The second kappa shape index (κ2) is 6.39. The Balaban J connectivity index is 2.07. The first kappa shape index (κ1) is 14.3. The normalized spacial score (nSPS) is 9.71. The zero-order valence-corrected chi connectivity index (χ0v) is 11.0. The van der Waals surface area contributed by atoms with Gasteiger partial charge in [-0.2, -0.15) is 5.26 Å². The molecule has 0 saturated carbocycles. The maximum Gasteiger partial charge on any atom is 0.258 e. The molecule has 0 heterocycles. The molecule has 0 fully saturated rings. The Morgan fingerprint density at radius 3 is 2.62 bits per heavy atom. The summed E-state index contributed by atoms with van der Waals surface area (Å²) in [6, 6.07) is 12.1. The molecule has 0 aliphatic carbocycles. The number of nitrogen functional groups attached to an aromatic ring is 1. The van der Waals surface area contributed by atoms with Crippen molar-refractivity contribution in [1.82, 2.24) is 0 Å². The lowest BCUT2D eigenvalue weighted by atomic mass is 10.1. The van der Waals surface area contributed by atoms with E-state index in [-0.39, 0.29) is 17.9 Å². The van der Waals surface area contributed by atoms with Crippen molar-refractivity contribution >= 4 is 17.3 Å². The van der Waals surface area contributed by atoms with Gasteiger partial charge in [-0.3, -0.25) is 4.79 Å². The Labute approximate surface area is 120 Å². The summed E-state index contributed by atoms with van der Waals surface area (Å²) in [6.07, 6.45) is 0. The van der Waals surface area contributed by atoms with E-state index in [9.17, 15) is 9.18 Å². The molecule has 1 amide bonds. The minimum Gasteiger partial charge on any atom is -0.479 e. The summed E-state index contributed by atoms with van der Waals surface area (Å²) in [7, 11) is 0. The van der Waals surface area contributed by atoms with Gasteiger partial charge in [0.05, 0.1) is 5.56 Å². The van der Waals surface area contributed by atoms with Gasteiger partial charge in [0, 0.05) is 11.4 Å². The first-order valence-corrected chi connectivity index (χ1v) is 6.06. The van der Waals surface area contributed by atoms with Crippen LogP contribution in [0.5, 0.6) is 5.75 Å². The third-order valence-corrected chi connectivity index (χ3v) is 2.65. The highest BCUT2D eigenvalue weighted by atomic mass is 19.1. The predicted molar refractivity (Wildman–Crippen MR) is 76.3 cm³/mol. The third-order valence-electron chi connectivity index (χ3n) is 2.65. The van der Waals surface area contributed by atoms with Crippen LogP contribution in [0, 0.1) is 17.1 Å². The van der Waals surface area contributed by atoms with Crippen LogP contribution in [0.2, 0.25) is 0 Å². The van der Waals surface area contributed by atoms with Crippen molar-refractivity contribution < 1.29 is 13.9 Å². The molecule has 0 bridgehead atoms. The molecule has 0 aromatic heterocycles. The van der Waals surface area contributed by atoms with Gasteiger partial charge in [-0.1, -0.05) is 0 Å². The van der Waals surface area contributed by atoms with Crippen molar-refractivity contribution in [2.75, 3.05) is 17.7 Å². The molecule has 0 spiro atoms. The maximum atomic E-state index is 13.6. The molecule has 6 heteroatoms. The molecule has 2 rings (SSSR count). The molecule has 0 saturated heterocycles. The fraction of sp³-hybridized carbons (Fsp3) is 0.0667. The minimum absolute atomic E-state index is 0.0532. The number of rotatable bonds is 4. The van der Waals surface area contributed by atoms with E-state index in [0.29, 0.717) is 11.4 Å². The van der Waals surface area contributed by atoms with Gasteiger partial charge >= 0.3 is 0 Å². The van der Waals surface area contributed by atoms with Crippen LogP contribution >= 0.6 is 0 Å². The van der Waals surface area contributed by atoms with Crippen LogP contribution in [-0.4, -0.2) is 12.5 Å². The molecule has 2 aromatic rings. The summed E-state index contributed by atoms with van der Waals surface area (Å²) >= 11 is 0. The maximum absolute atomic E-state index is 13.6. The van der Waals surface area contributed by atoms with Crippen LogP contribution in [0.3, 0.4) is 0 Å². The van der Waals surface area contributed by atoms with Crippen LogP contribution in [0.1, 0.15) is 10.4 Å². The van der Waals surface area contributed by atoms with Crippen molar-refractivity contribution in [3.63, 3.8) is 0 Å². The standard InChI is InChI=1S/C15H12FN3O2/c16-14-9-10(18)1-6-13(14)15(20)19-11-2-4-12(5-3-11)21-8-7-17/h1-6,9H,8,18H2,(H,19,20). The van der Waals surface area contributed by atoms with Gasteiger partial charge in [-0.25, -0.2) is 4.39 Å². The number of nitrogens with one attached hydrogen (secondary N) is 1. The molecule has 0 aliphatic rings. The number of nitrogens with two attached hydrogens (primary N) is 1. The number of halogens is 1. The van der Waals surface area contributed by atoms with Crippen molar-refractivity contribution in [1.29, 1.82) is 5.26 Å². The van der Waals surface area contributed by atoms with Gasteiger partial charge < -0.3 is 15.8 Å².